The average Bonchev–Trinajstić information content (AvgIpc) is 2.34. The minimum absolute atomic E-state index is 0.00936. The van der Waals surface area contributed by atoms with Gasteiger partial charge in [-0.2, -0.15) is 0 Å². The SMILES string of the molecule is CC(C)N(C)C(=O)CNc1ccc(Br)cc1OC(F)(F)F. The lowest BCUT2D eigenvalue weighted by atomic mass is 10.3. The summed E-state index contributed by atoms with van der Waals surface area (Å²) < 4.78 is 41.4. The fraction of sp³-hybridized carbons (Fsp3) is 0.462. The van der Waals surface area contributed by atoms with Gasteiger partial charge in [0.15, 0.2) is 5.75 Å². The van der Waals surface area contributed by atoms with Crippen LogP contribution in [0.15, 0.2) is 22.7 Å². The first-order valence-corrected chi connectivity index (χ1v) is 6.94. The van der Waals surface area contributed by atoms with Crippen LogP contribution in [-0.2, 0) is 4.79 Å². The highest BCUT2D eigenvalue weighted by molar-refractivity contribution is 9.10. The molecule has 0 aliphatic rings. The lowest BCUT2D eigenvalue weighted by Gasteiger charge is -2.22. The van der Waals surface area contributed by atoms with Crippen molar-refractivity contribution in [1.82, 2.24) is 4.90 Å². The number of nitrogens with zero attached hydrogens (tertiary/aromatic N) is 1. The second kappa shape index (κ2) is 7.02. The van der Waals surface area contributed by atoms with Crippen LogP contribution in [0, 0.1) is 0 Å². The van der Waals surface area contributed by atoms with Crippen LogP contribution in [0.25, 0.3) is 0 Å². The van der Waals surface area contributed by atoms with Gasteiger partial charge in [0, 0.05) is 17.6 Å². The van der Waals surface area contributed by atoms with Crippen LogP contribution in [0.2, 0.25) is 0 Å². The number of hydrogen-bond acceptors (Lipinski definition) is 3. The normalized spacial score (nSPS) is 11.4. The number of halogens is 4. The van der Waals surface area contributed by atoms with Gasteiger partial charge in [-0.1, -0.05) is 15.9 Å². The number of ether oxygens (including phenoxy) is 1. The van der Waals surface area contributed by atoms with E-state index in [4.69, 9.17) is 0 Å². The first-order valence-electron chi connectivity index (χ1n) is 6.15. The number of carbonyl (C=O) groups excluding carboxylic acids is 1. The molecule has 1 amide bonds. The molecule has 8 heteroatoms. The number of anilines is 1. The lowest BCUT2D eigenvalue weighted by Crippen LogP contribution is -2.37. The highest BCUT2D eigenvalue weighted by Gasteiger charge is 2.32. The van der Waals surface area contributed by atoms with Gasteiger partial charge in [0.1, 0.15) is 0 Å². The van der Waals surface area contributed by atoms with Gasteiger partial charge in [0.05, 0.1) is 12.2 Å². The molecule has 0 saturated heterocycles. The van der Waals surface area contributed by atoms with E-state index in [9.17, 15) is 18.0 Å². The summed E-state index contributed by atoms with van der Waals surface area (Å²) in [7, 11) is 1.63. The Bertz CT molecular complexity index is 507. The molecule has 1 aromatic carbocycles. The molecular formula is C13H16BrF3N2O2. The predicted octanol–water partition coefficient (Wildman–Crippen LogP) is 3.63. The van der Waals surface area contributed by atoms with Crippen molar-refractivity contribution in [2.24, 2.45) is 0 Å². The van der Waals surface area contributed by atoms with Crippen LogP contribution in [0.5, 0.6) is 5.75 Å². The Labute approximate surface area is 129 Å². The number of alkyl halides is 3. The van der Waals surface area contributed by atoms with Crippen LogP contribution in [0.3, 0.4) is 0 Å². The smallest absolute Gasteiger partial charge is 0.404 e. The van der Waals surface area contributed by atoms with Gasteiger partial charge in [-0.3, -0.25) is 4.79 Å². The number of likely N-dealkylation sites (N-methyl/N-ethyl adjacent to an activating group) is 1. The van der Waals surface area contributed by atoms with Crippen LogP contribution in [0.4, 0.5) is 18.9 Å². The van der Waals surface area contributed by atoms with E-state index in [-0.39, 0.29) is 24.2 Å². The molecule has 0 bridgehead atoms. The largest absolute Gasteiger partial charge is 0.573 e. The fourth-order valence-corrected chi connectivity index (χ4v) is 1.77. The second-order valence-corrected chi connectivity index (χ2v) is 5.56. The highest BCUT2D eigenvalue weighted by atomic mass is 79.9. The molecule has 0 atom stereocenters. The zero-order valence-corrected chi connectivity index (χ0v) is 13.4. The Kier molecular flexibility index (Phi) is 5.88. The highest BCUT2D eigenvalue weighted by Crippen LogP contribution is 2.32. The topological polar surface area (TPSA) is 41.6 Å². The number of rotatable bonds is 5. The van der Waals surface area contributed by atoms with Gasteiger partial charge in [-0.25, -0.2) is 0 Å². The third-order valence-corrected chi connectivity index (χ3v) is 3.26. The molecule has 0 aliphatic heterocycles. The molecule has 118 valence electrons. The van der Waals surface area contributed by atoms with E-state index in [1.165, 1.54) is 17.0 Å². The van der Waals surface area contributed by atoms with E-state index in [0.717, 1.165) is 0 Å². The fourth-order valence-electron chi connectivity index (χ4n) is 1.43. The maximum Gasteiger partial charge on any atom is 0.573 e. The summed E-state index contributed by atoms with van der Waals surface area (Å²) in [6, 6.07) is 4.16. The van der Waals surface area contributed by atoms with Crippen LogP contribution < -0.4 is 10.1 Å². The van der Waals surface area contributed by atoms with E-state index < -0.39 is 12.1 Å². The predicted molar refractivity (Wildman–Crippen MR) is 77.2 cm³/mol. The third kappa shape index (κ3) is 5.82. The molecule has 0 unspecified atom stereocenters. The Morgan fingerprint density at radius 3 is 2.57 bits per heavy atom. The van der Waals surface area contributed by atoms with Crippen molar-refractivity contribution < 1.29 is 22.7 Å². The van der Waals surface area contributed by atoms with Crippen molar-refractivity contribution in [3.63, 3.8) is 0 Å². The molecule has 4 nitrogen and oxygen atoms in total. The van der Waals surface area contributed by atoms with E-state index in [1.54, 1.807) is 13.1 Å². The summed E-state index contributed by atoms with van der Waals surface area (Å²) in [5.41, 5.74) is 0.0982. The van der Waals surface area contributed by atoms with Crippen molar-refractivity contribution in [3.05, 3.63) is 22.7 Å². The first-order chi connectivity index (χ1) is 9.60. The second-order valence-electron chi connectivity index (χ2n) is 4.64. The van der Waals surface area contributed by atoms with Crippen molar-refractivity contribution in [3.8, 4) is 5.75 Å². The van der Waals surface area contributed by atoms with E-state index in [0.29, 0.717) is 4.47 Å². The summed E-state index contributed by atoms with van der Waals surface area (Å²) in [5.74, 6) is -0.622. The Hall–Kier alpha value is -1.44. The maximum atomic E-state index is 12.3. The van der Waals surface area contributed by atoms with Crippen LogP contribution in [-0.4, -0.2) is 36.8 Å². The summed E-state index contributed by atoms with van der Waals surface area (Å²) in [5, 5.41) is 2.66. The lowest BCUT2D eigenvalue weighted by molar-refractivity contribution is -0.274. The monoisotopic (exact) mass is 368 g/mol. The number of carbonyl (C=O) groups is 1. The molecule has 0 heterocycles. The molecule has 0 fully saturated rings. The van der Waals surface area contributed by atoms with E-state index >= 15 is 0 Å². The molecular weight excluding hydrogens is 353 g/mol. The van der Waals surface area contributed by atoms with Gasteiger partial charge in [-0.05, 0) is 32.0 Å². The summed E-state index contributed by atoms with van der Waals surface area (Å²) in [4.78, 5) is 13.3. The zero-order valence-electron chi connectivity index (χ0n) is 11.8. The molecule has 0 saturated carbocycles. The molecule has 1 rings (SSSR count). The van der Waals surface area contributed by atoms with Crippen molar-refractivity contribution in [2.75, 3.05) is 18.9 Å². The Morgan fingerprint density at radius 1 is 1.43 bits per heavy atom. The van der Waals surface area contributed by atoms with E-state index in [1.807, 2.05) is 13.8 Å². The zero-order chi connectivity index (χ0) is 16.2. The molecule has 0 spiro atoms. The number of amides is 1. The van der Waals surface area contributed by atoms with E-state index in [2.05, 4.69) is 26.0 Å². The first kappa shape index (κ1) is 17.6. The molecule has 1 aromatic rings. The number of nitrogens with one attached hydrogen (secondary N) is 1. The van der Waals surface area contributed by atoms with Gasteiger partial charge >= 0.3 is 6.36 Å². The third-order valence-electron chi connectivity index (χ3n) is 2.77. The quantitative estimate of drug-likeness (QED) is 0.862. The molecule has 1 N–H and O–H groups in total. The molecule has 0 aliphatic carbocycles. The number of benzene rings is 1. The summed E-state index contributed by atoms with van der Waals surface area (Å²) in [6.07, 6.45) is -4.80. The Morgan fingerprint density at radius 2 is 2.05 bits per heavy atom. The van der Waals surface area contributed by atoms with Crippen molar-refractivity contribution >= 4 is 27.5 Å². The van der Waals surface area contributed by atoms with Gasteiger partial charge in [-0.15, -0.1) is 13.2 Å². The standard InChI is InChI=1S/C13H16BrF3N2O2/c1-8(2)19(3)12(20)7-18-10-5-4-9(14)6-11(10)21-13(15,16)17/h4-6,8,18H,7H2,1-3H3. The Balaban J connectivity index is 2.81. The van der Waals surface area contributed by atoms with Gasteiger partial charge in [0.25, 0.3) is 0 Å². The molecule has 0 radical (unpaired) electrons. The van der Waals surface area contributed by atoms with Crippen LogP contribution in [0.1, 0.15) is 13.8 Å². The summed E-state index contributed by atoms with van der Waals surface area (Å²) in [6.45, 7) is 3.57. The van der Waals surface area contributed by atoms with Crippen molar-refractivity contribution in [1.29, 1.82) is 0 Å². The maximum absolute atomic E-state index is 12.3. The van der Waals surface area contributed by atoms with Gasteiger partial charge in [0.2, 0.25) is 5.91 Å². The molecule has 0 aromatic heterocycles. The average molecular weight is 369 g/mol. The van der Waals surface area contributed by atoms with Crippen molar-refractivity contribution in [2.45, 2.75) is 26.3 Å². The molecule has 21 heavy (non-hydrogen) atoms. The van der Waals surface area contributed by atoms with Crippen LogP contribution >= 0.6 is 15.9 Å². The number of hydrogen-bond donors (Lipinski definition) is 1. The minimum atomic E-state index is -4.80. The summed E-state index contributed by atoms with van der Waals surface area (Å²) >= 11 is 3.08. The minimum Gasteiger partial charge on any atom is -0.404 e. The van der Waals surface area contributed by atoms with Gasteiger partial charge < -0.3 is 15.0 Å².